The minimum absolute atomic E-state index is 0.688. The zero-order valence-electron chi connectivity index (χ0n) is 13.0. The molecule has 0 atom stereocenters. The standard InChI is InChI=1S/C17H23NO4/c1-21-15-4-3-14(17(16(19)20)5-2-6-17)11-13(15)12-18-7-9-22-10-8-18/h3-4,11H,2,5-10,12H2,1H3,(H,19,20). The maximum atomic E-state index is 11.7. The van der Waals surface area contributed by atoms with E-state index in [0.29, 0.717) is 0 Å². The summed E-state index contributed by atoms with van der Waals surface area (Å²) in [4.78, 5) is 14.0. The molecule has 2 aliphatic rings. The van der Waals surface area contributed by atoms with Crippen LogP contribution in [0.25, 0.3) is 0 Å². The molecule has 3 rings (SSSR count). The molecule has 1 aliphatic heterocycles. The van der Waals surface area contributed by atoms with Gasteiger partial charge in [0.15, 0.2) is 0 Å². The van der Waals surface area contributed by atoms with Crippen LogP contribution in [0.4, 0.5) is 0 Å². The van der Waals surface area contributed by atoms with Crippen LogP contribution in [-0.4, -0.2) is 49.4 Å². The molecular formula is C17H23NO4. The van der Waals surface area contributed by atoms with Gasteiger partial charge in [-0.15, -0.1) is 0 Å². The van der Waals surface area contributed by atoms with E-state index in [0.717, 1.165) is 69.0 Å². The molecule has 1 heterocycles. The van der Waals surface area contributed by atoms with Gasteiger partial charge in [0.05, 0.1) is 25.7 Å². The van der Waals surface area contributed by atoms with Gasteiger partial charge in [0.1, 0.15) is 5.75 Å². The van der Waals surface area contributed by atoms with Gasteiger partial charge in [-0.3, -0.25) is 9.69 Å². The molecular weight excluding hydrogens is 282 g/mol. The van der Waals surface area contributed by atoms with Crippen molar-refractivity contribution >= 4 is 5.97 Å². The smallest absolute Gasteiger partial charge is 0.314 e. The Bertz CT molecular complexity index is 548. The molecule has 1 saturated carbocycles. The molecule has 5 nitrogen and oxygen atoms in total. The lowest BCUT2D eigenvalue weighted by Crippen LogP contribution is -2.42. The molecule has 1 N–H and O–H groups in total. The molecule has 120 valence electrons. The highest BCUT2D eigenvalue weighted by molar-refractivity contribution is 5.82. The summed E-state index contributed by atoms with van der Waals surface area (Å²) < 4.78 is 10.8. The number of carbonyl (C=O) groups is 1. The SMILES string of the molecule is COc1ccc(C2(C(=O)O)CCC2)cc1CN1CCOCC1. The Balaban J connectivity index is 1.87. The van der Waals surface area contributed by atoms with Crippen molar-refractivity contribution < 1.29 is 19.4 Å². The van der Waals surface area contributed by atoms with Gasteiger partial charge in [0, 0.05) is 25.2 Å². The molecule has 1 aromatic carbocycles. The molecule has 1 aromatic rings. The number of hydrogen-bond acceptors (Lipinski definition) is 4. The fourth-order valence-electron chi connectivity index (χ4n) is 3.36. The van der Waals surface area contributed by atoms with E-state index in [4.69, 9.17) is 9.47 Å². The summed E-state index contributed by atoms with van der Waals surface area (Å²) in [5, 5.41) is 9.62. The third-order valence-electron chi connectivity index (χ3n) is 4.95. The predicted octanol–water partition coefficient (Wildman–Crippen LogP) is 2.03. The monoisotopic (exact) mass is 305 g/mol. The third kappa shape index (κ3) is 2.71. The van der Waals surface area contributed by atoms with Gasteiger partial charge in [0.25, 0.3) is 0 Å². The summed E-state index contributed by atoms with van der Waals surface area (Å²) in [6.45, 7) is 4.08. The van der Waals surface area contributed by atoms with E-state index in [1.54, 1.807) is 7.11 Å². The molecule has 1 aliphatic carbocycles. The van der Waals surface area contributed by atoms with Crippen LogP contribution in [0.5, 0.6) is 5.75 Å². The molecule has 0 radical (unpaired) electrons. The molecule has 22 heavy (non-hydrogen) atoms. The van der Waals surface area contributed by atoms with Crippen molar-refractivity contribution in [1.29, 1.82) is 0 Å². The summed E-state index contributed by atoms with van der Waals surface area (Å²) in [5.41, 5.74) is 1.29. The van der Waals surface area contributed by atoms with Crippen LogP contribution < -0.4 is 4.74 Å². The molecule has 2 fully saturated rings. The Morgan fingerprint density at radius 2 is 2.09 bits per heavy atom. The second-order valence-electron chi connectivity index (χ2n) is 6.16. The van der Waals surface area contributed by atoms with Crippen LogP contribution in [-0.2, 0) is 21.5 Å². The number of rotatable bonds is 5. The van der Waals surface area contributed by atoms with Gasteiger partial charge < -0.3 is 14.6 Å². The Hall–Kier alpha value is -1.59. The second-order valence-corrected chi connectivity index (χ2v) is 6.16. The Labute approximate surface area is 130 Å². The number of carboxylic acid groups (broad SMARTS) is 1. The number of nitrogens with zero attached hydrogens (tertiary/aromatic N) is 1. The first-order chi connectivity index (χ1) is 10.7. The molecule has 0 amide bonds. The highest BCUT2D eigenvalue weighted by Gasteiger charge is 2.46. The van der Waals surface area contributed by atoms with E-state index in [2.05, 4.69) is 4.90 Å². The fourth-order valence-corrected chi connectivity index (χ4v) is 3.36. The summed E-state index contributed by atoms with van der Waals surface area (Å²) in [6, 6.07) is 5.85. The first-order valence-electron chi connectivity index (χ1n) is 7.86. The van der Waals surface area contributed by atoms with Crippen molar-refractivity contribution in [2.45, 2.75) is 31.2 Å². The number of ether oxygens (including phenoxy) is 2. The zero-order chi connectivity index (χ0) is 15.6. The van der Waals surface area contributed by atoms with Crippen molar-refractivity contribution in [1.82, 2.24) is 4.90 Å². The van der Waals surface area contributed by atoms with Gasteiger partial charge in [0.2, 0.25) is 0 Å². The lowest BCUT2D eigenvalue weighted by atomic mass is 9.64. The van der Waals surface area contributed by atoms with E-state index in [1.165, 1.54) is 0 Å². The highest BCUT2D eigenvalue weighted by atomic mass is 16.5. The average Bonchev–Trinajstić information content (AvgIpc) is 2.47. The normalized spacial score (nSPS) is 21.1. The van der Waals surface area contributed by atoms with Crippen LogP contribution in [0.1, 0.15) is 30.4 Å². The van der Waals surface area contributed by atoms with Gasteiger partial charge in [-0.1, -0.05) is 12.5 Å². The average molecular weight is 305 g/mol. The van der Waals surface area contributed by atoms with E-state index >= 15 is 0 Å². The number of methoxy groups -OCH3 is 1. The van der Waals surface area contributed by atoms with Crippen LogP contribution in [0.2, 0.25) is 0 Å². The maximum absolute atomic E-state index is 11.7. The number of aliphatic carboxylic acids is 1. The second kappa shape index (κ2) is 6.26. The maximum Gasteiger partial charge on any atom is 0.314 e. The number of morpholine rings is 1. The largest absolute Gasteiger partial charge is 0.496 e. The quantitative estimate of drug-likeness (QED) is 0.902. The first-order valence-corrected chi connectivity index (χ1v) is 7.86. The molecule has 0 bridgehead atoms. The number of carboxylic acids is 1. The third-order valence-corrected chi connectivity index (χ3v) is 4.95. The molecule has 0 aromatic heterocycles. The van der Waals surface area contributed by atoms with Crippen LogP contribution >= 0.6 is 0 Å². The van der Waals surface area contributed by atoms with E-state index in [9.17, 15) is 9.90 Å². The van der Waals surface area contributed by atoms with Gasteiger partial charge in [-0.05, 0) is 30.5 Å². The summed E-state index contributed by atoms with van der Waals surface area (Å²) in [6.07, 6.45) is 2.44. The topological polar surface area (TPSA) is 59.0 Å². The molecule has 5 heteroatoms. The Kier molecular flexibility index (Phi) is 4.36. The zero-order valence-corrected chi connectivity index (χ0v) is 13.0. The van der Waals surface area contributed by atoms with Crippen LogP contribution in [0.3, 0.4) is 0 Å². The van der Waals surface area contributed by atoms with Crippen LogP contribution in [0.15, 0.2) is 18.2 Å². The van der Waals surface area contributed by atoms with Crippen molar-refractivity contribution in [2.75, 3.05) is 33.4 Å². The minimum Gasteiger partial charge on any atom is -0.496 e. The summed E-state index contributed by atoms with van der Waals surface area (Å²) in [7, 11) is 1.66. The summed E-state index contributed by atoms with van der Waals surface area (Å²) in [5.74, 6) is 0.122. The van der Waals surface area contributed by atoms with Crippen molar-refractivity contribution in [3.8, 4) is 5.75 Å². The number of hydrogen-bond donors (Lipinski definition) is 1. The number of benzene rings is 1. The Morgan fingerprint density at radius 3 is 2.64 bits per heavy atom. The first kappa shape index (κ1) is 15.3. The highest BCUT2D eigenvalue weighted by Crippen LogP contribution is 2.45. The van der Waals surface area contributed by atoms with Gasteiger partial charge in [-0.25, -0.2) is 0 Å². The van der Waals surface area contributed by atoms with Gasteiger partial charge >= 0.3 is 5.97 Å². The fraction of sp³-hybridized carbons (Fsp3) is 0.588. The van der Waals surface area contributed by atoms with Crippen molar-refractivity contribution in [3.63, 3.8) is 0 Å². The minimum atomic E-state index is -0.707. The lowest BCUT2D eigenvalue weighted by molar-refractivity contribution is -0.147. The molecule has 0 unspecified atom stereocenters. The van der Waals surface area contributed by atoms with E-state index in [-0.39, 0.29) is 0 Å². The van der Waals surface area contributed by atoms with Crippen molar-refractivity contribution in [3.05, 3.63) is 29.3 Å². The van der Waals surface area contributed by atoms with E-state index in [1.807, 2.05) is 18.2 Å². The van der Waals surface area contributed by atoms with E-state index < -0.39 is 11.4 Å². The molecule has 0 spiro atoms. The van der Waals surface area contributed by atoms with Gasteiger partial charge in [-0.2, -0.15) is 0 Å². The molecule has 1 saturated heterocycles. The summed E-state index contributed by atoms with van der Waals surface area (Å²) >= 11 is 0. The predicted molar refractivity (Wildman–Crippen MR) is 82.3 cm³/mol. The Morgan fingerprint density at radius 1 is 1.36 bits per heavy atom. The van der Waals surface area contributed by atoms with Crippen LogP contribution in [0, 0.1) is 0 Å². The van der Waals surface area contributed by atoms with Crippen molar-refractivity contribution in [2.24, 2.45) is 0 Å². The lowest BCUT2D eigenvalue weighted by Gasteiger charge is -2.38.